The number of carboxylic acid groups (broad SMARTS) is 1. The molecule has 0 saturated heterocycles. The molecule has 1 rings (SSSR count). The first-order chi connectivity index (χ1) is 5.25. The van der Waals surface area contributed by atoms with Gasteiger partial charge in [0, 0.05) is 11.4 Å². The van der Waals surface area contributed by atoms with Gasteiger partial charge in [-0.25, -0.2) is 4.79 Å². The summed E-state index contributed by atoms with van der Waals surface area (Å²) < 4.78 is 0. The molecular weight excluding hydrogens is 162 g/mol. The summed E-state index contributed by atoms with van der Waals surface area (Å²) >= 11 is 1.46. The van der Waals surface area contributed by atoms with Crippen LogP contribution in [0.3, 0.4) is 0 Å². The maximum absolute atomic E-state index is 10.5. The van der Waals surface area contributed by atoms with Crippen LogP contribution in [0.15, 0.2) is 11.4 Å². The number of thiophene rings is 1. The molecule has 1 aromatic rings. The van der Waals surface area contributed by atoms with Crippen LogP contribution in [0.4, 0.5) is 0 Å². The normalized spacial score (nSPS) is 9.91. The minimum absolute atomic E-state index is 0.407. The third-order valence-corrected chi connectivity index (χ3v) is 2.23. The van der Waals surface area contributed by atoms with Gasteiger partial charge in [-0.3, -0.25) is 0 Å². The monoisotopic (exact) mass is 171 g/mol. The lowest BCUT2D eigenvalue weighted by Gasteiger charge is -1.96. The predicted molar refractivity (Wildman–Crippen MR) is 44.0 cm³/mol. The molecule has 2 N–H and O–H groups in total. The molecule has 0 aliphatic rings. The summed E-state index contributed by atoms with van der Waals surface area (Å²) in [4.78, 5) is 11.4. The number of aromatic carboxylic acids is 1. The molecule has 0 aliphatic carbocycles. The number of hydrogen-bond donors (Lipinski definition) is 2. The molecular formula is C7H9NO2S. The van der Waals surface area contributed by atoms with Crippen molar-refractivity contribution in [3.05, 3.63) is 21.9 Å². The van der Waals surface area contributed by atoms with Crippen molar-refractivity contribution >= 4 is 17.3 Å². The van der Waals surface area contributed by atoms with Gasteiger partial charge < -0.3 is 10.4 Å². The fourth-order valence-corrected chi connectivity index (χ4v) is 1.71. The SMILES string of the molecule is CNCc1sccc1C(=O)O. The van der Waals surface area contributed by atoms with Crippen molar-refractivity contribution in [3.63, 3.8) is 0 Å². The van der Waals surface area contributed by atoms with Crippen LogP contribution in [0.5, 0.6) is 0 Å². The molecule has 0 saturated carbocycles. The second-order valence-corrected chi connectivity index (χ2v) is 3.09. The second kappa shape index (κ2) is 3.50. The van der Waals surface area contributed by atoms with Crippen LogP contribution in [-0.4, -0.2) is 18.1 Å². The van der Waals surface area contributed by atoms with Crippen molar-refractivity contribution in [1.29, 1.82) is 0 Å². The van der Waals surface area contributed by atoms with Crippen molar-refractivity contribution in [3.8, 4) is 0 Å². The smallest absolute Gasteiger partial charge is 0.336 e. The van der Waals surface area contributed by atoms with Gasteiger partial charge >= 0.3 is 5.97 Å². The minimum atomic E-state index is -0.850. The highest BCUT2D eigenvalue weighted by Crippen LogP contribution is 2.15. The minimum Gasteiger partial charge on any atom is -0.478 e. The van der Waals surface area contributed by atoms with Gasteiger partial charge in [-0.2, -0.15) is 0 Å². The van der Waals surface area contributed by atoms with Crippen LogP contribution in [0.25, 0.3) is 0 Å². The van der Waals surface area contributed by atoms with Crippen LogP contribution >= 0.6 is 11.3 Å². The summed E-state index contributed by atoms with van der Waals surface area (Å²) in [6.07, 6.45) is 0. The van der Waals surface area contributed by atoms with Gasteiger partial charge in [0.25, 0.3) is 0 Å². The molecule has 1 heterocycles. The number of carbonyl (C=O) groups is 1. The van der Waals surface area contributed by atoms with E-state index in [1.807, 2.05) is 0 Å². The fraction of sp³-hybridized carbons (Fsp3) is 0.286. The molecule has 3 nitrogen and oxygen atoms in total. The molecule has 0 aliphatic heterocycles. The van der Waals surface area contributed by atoms with E-state index in [4.69, 9.17) is 5.11 Å². The van der Waals surface area contributed by atoms with Gasteiger partial charge in [-0.05, 0) is 18.5 Å². The molecule has 4 heteroatoms. The first-order valence-electron chi connectivity index (χ1n) is 3.20. The Morgan fingerprint density at radius 2 is 2.55 bits per heavy atom. The Kier molecular flexibility index (Phi) is 2.62. The molecule has 0 radical (unpaired) electrons. The van der Waals surface area contributed by atoms with Gasteiger partial charge in [0.05, 0.1) is 5.56 Å². The highest BCUT2D eigenvalue weighted by molar-refractivity contribution is 7.10. The molecule has 0 fully saturated rings. The Morgan fingerprint density at radius 3 is 3.09 bits per heavy atom. The van der Waals surface area contributed by atoms with Gasteiger partial charge in [-0.15, -0.1) is 11.3 Å². The van der Waals surface area contributed by atoms with Crippen LogP contribution in [0.1, 0.15) is 15.2 Å². The van der Waals surface area contributed by atoms with E-state index in [0.717, 1.165) is 4.88 Å². The summed E-state index contributed by atoms with van der Waals surface area (Å²) in [6.45, 7) is 0.624. The zero-order chi connectivity index (χ0) is 8.27. The van der Waals surface area contributed by atoms with Crippen LogP contribution in [-0.2, 0) is 6.54 Å². The van der Waals surface area contributed by atoms with Gasteiger partial charge in [0.2, 0.25) is 0 Å². The number of hydrogen-bond acceptors (Lipinski definition) is 3. The van der Waals surface area contributed by atoms with Crippen molar-refractivity contribution in [2.75, 3.05) is 7.05 Å². The molecule has 0 bridgehead atoms. The molecule has 1 aromatic heterocycles. The Labute approximate surface area is 68.7 Å². The van der Waals surface area contributed by atoms with E-state index in [1.165, 1.54) is 11.3 Å². The molecule has 0 amide bonds. The van der Waals surface area contributed by atoms with Gasteiger partial charge in [0.1, 0.15) is 0 Å². The zero-order valence-electron chi connectivity index (χ0n) is 6.13. The molecule has 0 spiro atoms. The number of rotatable bonds is 3. The second-order valence-electron chi connectivity index (χ2n) is 2.09. The van der Waals surface area contributed by atoms with E-state index in [2.05, 4.69) is 5.32 Å². The van der Waals surface area contributed by atoms with Crippen molar-refractivity contribution in [1.82, 2.24) is 5.32 Å². The fourth-order valence-electron chi connectivity index (χ4n) is 0.829. The van der Waals surface area contributed by atoms with E-state index in [0.29, 0.717) is 12.1 Å². The summed E-state index contributed by atoms with van der Waals surface area (Å²) in [5, 5.41) is 13.4. The van der Waals surface area contributed by atoms with Crippen LogP contribution in [0.2, 0.25) is 0 Å². The summed E-state index contributed by atoms with van der Waals surface area (Å²) in [7, 11) is 1.80. The van der Waals surface area contributed by atoms with E-state index < -0.39 is 5.97 Å². The predicted octanol–water partition coefficient (Wildman–Crippen LogP) is 1.17. The molecule has 0 unspecified atom stereocenters. The van der Waals surface area contributed by atoms with Crippen molar-refractivity contribution in [2.45, 2.75) is 6.54 Å². The van der Waals surface area contributed by atoms with E-state index in [-0.39, 0.29) is 0 Å². The van der Waals surface area contributed by atoms with Crippen LogP contribution < -0.4 is 5.32 Å². The van der Waals surface area contributed by atoms with Crippen molar-refractivity contribution in [2.24, 2.45) is 0 Å². The standard InChI is InChI=1S/C7H9NO2S/c1-8-4-6-5(7(9)10)2-3-11-6/h2-3,8H,4H2,1H3,(H,9,10). The summed E-state index contributed by atoms with van der Waals surface area (Å²) in [5.74, 6) is -0.850. The molecule has 60 valence electrons. The molecule has 0 aromatic carbocycles. The van der Waals surface area contributed by atoms with Crippen LogP contribution in [0, 0.1) is 0 Å². The lowest BCUT2D eigenvalue weighted by Crippen LogP contribution is -2.07. The Balaban J connectivity index is 2.87. The summed E-state index contributed by atoms with van der Waals surface area (Å²) in [5.41, 5.74) is 0.407. The Morgan fingerprint density at radius 1 is 1.82 bits per heavy atom. The topological polar surface area (TPSA) is 49.3 Å². The lowest BCUT2D eigenvalue weighted by molar-refractivity contribution is 0.0696. The third kappa shape index (κ3) is 1.78. The first-order valence-corrected chi connectivity index (χ1v) is 4.08. The maximum atomic E-state index is 10.5. The average molecular weight is 171 g/mol. The Hall–Kier alpha value is -0.870. The Bertz CT molecular complexity index is 257. The largest absolute Gasteiger partial charge is 0.478 e. The zero-order valence-corrected chi connectivity index (χ0v) is 6.94. The number of carboxylic acids is 1. The third-order valence-electron chi connectivity index (χ3n) is 1.31. The summed E-state index contributed by atoms with van der Waals surface area (Å²) in [6, 6.07) is 1.62. The first kappa shape index (κ1) is 8.23. The van der Waals surface area contributed by atoms with Gasteiger partial charge in [0.15, 0.2) is 0 Å². The van der Waals surface area contributed by atoms with Gasteiger partial charge in [-0.1, -0.05) is 0 Å². The van der Waals surface area contributed by atoms with E-state index >= 15 is 0 Å². The maximum Gasteiger partial charge on any atom is 0.336 e. The van der Waals surface area contributed by atoms with E-state index in [1.54, 1.807) is 18.5 Å². The quantitative estimate of drug-likeness (QED) is 0.717. The molecule has 0 atom stereocenters. The highest BCUT2D eigenvalue weighted by Gasteiger charge is 2.09. The van der Waals surface area contributed by atoms with E-state index in [9.17, 15) is 4.79 Å². The number of nitrogens with one attached hydrogen (secondary N) is 1. The highest BCUT2D eigenvalue weighted by atomic mass is 32.1. The lowest BCUT2D eigenvalue weighted by atomic mass is 10.2. The van der Waals surface area contributed by atoms with Crippen molar-refractivity contribution < 1.29 is 9.90 Å². The molecule has 11 heavy (non-hydrogen) atoms. The average Bonchev–Trinajstić information content (AvgIpc) is 2.36.